The summed E-state index contributed by atoms with van der Waals surface area (Å²) in [6.07, 6.45) is 0.0436. The maximum absolute atomic E-state index is 12.1. The standard InChI is InChI=1S/C16H17NO4S2/c1-9-8-11(10(2)23-9)12(18)5-6-14(19)17-15(16(20)21)13-4-3-7-22-13/h3-4,7-8,15H,5-6H2,1-2H3,(H,17,19)(H,20,21). The quantitative estimate of drug-likeness (QED) is 0.750. The average Bonchev–Trinajstić information content (AvgIpc) is 3.11. The molecule has 2 aromatic heterocycles. The van der Waals surface area contributed by atoms with Gasteiger partial charge >= 0.3 is 5.97 Å². The molecule has 0 saturated carbocycles. The molecule has 1 amide bonds. The van der Waals surface area contributed by atoms with E-state index in [2.05, 4.69) is 5.32 Å². The second-order valence-corrected chi connectivity index (χ2v) is 7.54. The van der Waals surface area contributed by atoms with Gasteiger partial charge in [0.25, 0.3) is 0 Å². The number of aryl methyl sites for hydroxylation is 2. The molecule has 7 heteroatoms. The summed E-state index contributed by atoms with van der Waals surface area (Å²) in [7, 11) is 0. The Kier molecular flexibility index (Phi) is 5.68. The van der Waals surface area contributed by atoms with Crippen molar-refractivity contribution in [1.29, 1.82) is 0 Å². The van der Waals surface area contributed by atoms with E-state index in [1.54, 1.807) is 28.8 Å². The summed E-state index contributed by atoms with van der Waals surface area (Å²) in [5.74, 6) is -1.65. The third kappa shape index (κ3) is 4.49. The van der Waals surface area contributed by atoms with Crippen LogP contribution in [-0.4, -0.2) is 22.8 Å². The molecule has 0 fully saturated rings. The molecule has 23 heavy (non-hydrogen) atoms. The smallest absolute Gasteiger partial charge is 0.331 e. The van der Waals surface area contributed by atoms with Gasteiger partial charge in [0.2, 0.25) is 5.91 Å². The first-order chi connectivity index (χ1) is 10.9. The number of aliphatic carboxylic acids is 1. The van der Waals surface area contributed by atoms with Crippen LogP contribution in [0.4, 0.5) is 0 Å². The number of carbonyl (C=O) groups excluding carboxylic acids is 2. The molecule has 2 N–H and O–H groups in total. The highest BCUT2D eigenvalue weighted by Crippen LogP contribution is 2.23. The van der Waals surface area contributed by atoms with Crippen molar-refractivity contribution >= 4 is 40.3 Å². The van der Waals surface area contributed by atoms with E-state index in [9.17, 15) is 19.5 Å². The Morgan fingerprint density at radius 2 is 2.00 bits per heavy atom. The van der Waals surface area contributed by atoms with Crippen molar-refractivity contribution in [3.63, 3.8) is 0 Å². The van der Waals surface area contributed by atoms with Crippen LogP contribution in [0.3, 0.4) is 0 Å². The van der Waals surface area contributed by atoms with Gasteiger partial charge in [0.05, 0.1) is 0 Å². The fourth-order valence-corrected chi connectivity index (χ4v) is 3.92. The number of carboxylic acids is 1. The lowest BCUT2D eigenvalue weighted by atomic mass is 10.1. The van der Waals surface area contributed by atoms with Crippen molar-refractivity contribution < 1.29 is 19.5 Å². The maximum atomic E-state index is 12.1. The fourth-order valence-electron chi connectivity index (χ4n) is 2.21. The summed E-state index contributed by atoms with van der Waals surface area (Å²) in [5, 5.41) is 13.4. The van der Waals surface area contributed by atoms with Gasteiger partial charge in [-0.3, -0.25) is 9.59 Å². The summed E-state index contributed by atoms with van der Waals surface area (Å²) < 4.78 is 0. The topological polar surface area (TPSA) is 83.5 Å². The SMILES string of the molecule is Cc1cc(C(=O)CCC(=O)NC(C(=O)O)c2cccs2)c(C)s1. The van der Waals surface area contributed by atoms with Crippen LogP contribution in [-0.2, 0) is 9.59 Å². The number of nitrogens with one attached hydrogen (secondary N) is 1. The monoisotopic (exact) mass is 351 g/mol. The summed E-state index contributed by atoms with van der Waals surface area (Å²) in [6.45, 7) is 3.81. The predicted octanol–water partition coefficient (Wildman–Crippen LogP) is 3.33. The lowest BCUT2D eigenvalue weighted by Crippen LogP contribution is -2.33. The molecule has 0 spiro atoms. The Balaban J connectivity index is 1.93. The molecular weight excluding hydrogens is 334 g/mol. The molecule has 0 aliphatic rings. The number of ketones is 1. The fraction of sp³-hybridized carbons (Fsp3) is 0.312. The lowest BCUT2D eigenvalue weighted by molar-refractivity contribution is -0.141. The van der Waals surface area contributed by atoms with Crippen LogP contribution in [0.15, 0.2) is 23.6 Å². The molecule has 122 valence electrons. The number of hydrogen-bond donors (Lipinski definition) is 2. The molecule has 0 aliphatic carbocycles. The zero-order valence-corrected chi connectivity index (χ0v) is 14.4. The Bertz CT molecular complexity index is 719. The maximum Gasteiger partial charge on any atom is 0.331 e. The van der Waals surface area contributed by atoms with E-state index in [0.29, 0.717) is 10.4 Å². The van der Waals surface area contributed by atoms with Gasteiger partial charge in [0.15, 0.2) is 11.8 Å². The molecule has 0 bridgehead atoms. The van der Waals surface area contributed by atoms with Crippen LogP contribution in [0.25, 0.3) is 0 Å². The minimum Gasteiger partial charge on any atom is -0.479 e. The van der Waals surface area contributed by atoms with Crippen molar-refractivity contribution in [2.75, 3.05) is 0 Å². The van der Waals surface area contributed by atoms with Gasteiger partial charge < -0.3 is 10.4 Å². The molecule has 0 aromatic carbocycles. The highest BCUT2D eigenvalue weighted by atomic mass is 32.1. The van der Waals surface area contributed by atoms with E-state index in [1.807, 2.05) is 19.9 Å². The summed E-state index contributed by atoms with van der Waals surface area (Å²) in [4.78, 5) is 37.9. The Labute approximate surface area is 142 Å². The third-order valence-electron chi connectivity index (χ3n) is 3.30. The van der Waals surface area contributed by atoms with Crippen LogP contribution in [0.2, 0.25) is 0 Å². The molecule has 2 rings (SSSR count). The molecule has 1 unspecified atom stereocenters. The van der Waals surface area contributed by atoms with Crippen molar-refractivity contribution in [3.8, 4) is 0 Å². The van der Waals surface area contributed by atoms with Crippen molar-refractivity contribution in [3.05, 3.63) is 43.8 Å². The normalized spacial score (nSPS) is 11.9. The summed E-state index contributed by atoms with van der Waals surface area (Å²) in [5.41, 5.74) is 0.647. The van der Waals surface area contributed by atoms with Crippen LogP contribution >= 0.6 is 22.7 Å². The zero-order valence-electron chi connectivity index (χ0n) is 12.8. The third-order valence-corrected chi connectivity index (χ3v) is 5.20. The minimum absolute atomic E-state index is 0.0255. The number of amides is 1. The van der Waals surface area contributed by atoms with Gasteiger partial charge in [-0.05, 0) is 31.4 Å². The second-order valence-electron chi connectivity index (χ2n) is 5.10. The number of carbonyl (C=O) groups is 3. The second kappa shape index (κ2) is 7.52. The van der Waals surface area contributed by atoms with E-state index in [4.69, 9.17) is 0 Å². The molecule has 0 aliphatic heterocycles. The van der Waals surface area contributed by atoms with Crippen molar-refractivity contribution in [2.45, 2.75) is 32.7 Å². The lowest BCUT2D eigenvalue weighted by Gasteiger charge is -2.12. The van der Waals surface area contributed by atoms with E-state index in [-0.39, 0.29) is 18.6 Å². The van der Waals surface area contributed by atoms with E-state index in [1.165, 1.54) is 11.3 Å². The van der Waals surface area contributed by atoms with Gasteiger partial charge in [-0.15, -0.1) is 22.7 Å². The van der Waals surface area contributed by atoms with Crippen LogP contribution in [0, 0.1) is 13.8 Å². The Morgan fingerprint density at radius 3 is 2.52 bits per heavy atom. The first-order valence-corrected chi connectivity index (χ1v) is 8.74. The van der Waals surface area contributed by atoms with E-state index in [0.717, 1.165) is 9.75 Å². The summed E-state index contributed by atoms with van der Waals surface area (Å²) >= 11 is 2.81. The molecule has 0 saturated heterocycles. The number of hydrogen-bond acceptors (Lipinski definition) is 5. The van der Waals surface area contributed by atoms with Crippen LogP contribution in [0.5, 0.6) is 0 Å². The number of rotatable bonds is 7. The number of thiophene rings is 2. The van der Waals surface area contributed by atoms with Crippen LogP contribution < -0.4 is 5.32 Å². The zero-order chi connectivity index (χ0) is 17.0. The first-order valence-electron chi connectivity index (χ1n) is 7.04. The molecule has 5 nitrogen and oxygen atoms in total. The van der Waals surface area contributed by atoms with E-state index >= 15 is 0 Å². The van der Waals surface area contributed by atoms with E-state index < -0.39 is 17.9 Å². The molecule has 1 atom stereocenters. The first kappa shape index (κ1) is 17.4. The molecule has 2 heterocycles. The van der Waals surface area contributed by atoms with Gasteiger partial charge in [0, 0.05) is 33.0 Å². The largest absolute Gasteiger partial charge is 0.479 e. The van der Waals surface area contributed by atoms with Gasteiger partial charge in [-0.2, -0.15) is 0 Å². The van der Waals surface area contributed by atoms with Crippen molar-refractivity contribution in [2.24, 2.45) is 0 Å². The van der Waals surface area contributed by atoms with Gasteiger partial charge in [0.1, 0.15) is 0 Å². The molecular formula is C16H17NO4S2. The van der Waals surface area contributed by atoms with Gasteiger partial charge in [-0.1, -0.05) is 6.07 Å². The number of carboxylic acid groups (broad SMARTS) is 1. The minimum atomic E-state index is -1.11. The van der Waals surface area contributed by atoms with Crippen LogP contribution in [0.1, 0.15) is 43.9 Å². The molecule has 2 aromatic rings. The van der Waals surface area contributed by atoms with Crippen molar-refractivity contribution in [1.82, 2.24) is 5.32 Å². The predicted molar refractivity (Wildman–Crippen MR) is 90.2 cm³/mol. The highest BCUT2D eigenvalue weighted by Gasteiger charge is 2.23. The Hall–Kier alpha value is -1.99. The summed E-state index contributed by atoms with van der Waals surface area (Å²) in [6, 6.07) is 4.15. The highest BCUT2D eigenvalue weighted by molar-refractivity contribution is 7.12. The molecule has 0 radical (unpaired) electrons. The Morgan fingerprint density at radius 1 is 1.26 bits per heavy atom. The number of Topliss-reactive ketones (excluding diaryl/α,β-unsaturated/α-hetero) is 1. The average molecular weight is 351 g/mol. The van der Waals surface area contributed by atoms with Gasteiger partial charge in [-0.25, -0.2) is 4.79 Å².